The minimum Gasteiger partial charge on any atom is -0.497 e. The van der Waals surface area contributed by atoms with Crippen molar-refractivity contribution in [3.8, 4) is 11.5 Å². The number of aryl methyl sites for hydroxylation is 2. The summed E-state index contributed by atoms with van der Waals surface area (Å²) < 4.78 is 10.5. The fraction of sp³-hybridized carbons (Fsp3) is 0.154. The summed E-state index contributed by atoms with van der Waals surface area (Å²) in [6.07, 6.45) is 0. The van der Waals surface area contributed by atoms with Crippen LogP contribution in [0.25, 0.3) is 5.57 Å². The van der Waals surface area contributed by atoms with E-state index in [1.54, 1.807) is 62.8 Å². The molecule has 0 aliphatic carbocycles. The van der Waals surface area contributed by atoms with E-state index < -0.39 is 5.91 Å². The lowest BCUT2D eigenvalue weighted by Gasteiger charge is -2.16. The van der Waals surface area contributed by atoms with Crippen molar-refractivity contribution in [2.24, 2.45) is 0 Å². The van der Waals surface area contributed by atoms with Crippen LogP contribution in [-0.4, -0.2) is 26.0 Å². The van der Waals surface area contributed by atoms with Crippen LogP contribution in [0.3, 0.4) is 0 Å². The van der Waals surface area contributed by atoms with E-state index in [1.165, 1.54) is 4.90 Å². The van der Waals surface area contributed by atoms with E-state index in [4.69, 9.17) is 9.47 Å². The molecule has 32 heavy (non-hydrogen) atoms. The lowest BCUT2D eigenvalue weighted by atomic mass is 9.97. The van der Waals surface area contributed by atoms with Crippen LogP contribution < -0.4 is 19.7 Å². The maximum absolute atomic E-state index is 13.6. The van der Waals surface area contributed by atoms with Gasteiger partial charge in [0.25, 0.3) is 11.8 Å². The Kier molecular flexibility index (Phi) is 5.69. The number of amides is 2. The van der Waals surface area contributed by atoms with Crippen LogP contribution in [0.15, 0.2) is 72.4 Å². The number of carbonyl (C=O) groups is 2. The predicted molar refractivity (Wildman–Crippen MR) is 125 cm³/mol. The van der Waals surface area contributed by atoms with Crippen molar-refractivity contribution in [2.45, 2.75) is 13.8 Å². The highest BCUT2D eigenvalue weighted by Gasteiger charge is 2.40. The molecule has 0 saturated carbocycles. The van der Waals surface area contributed by atoms with Gasteiger partial charge >= 0.3 is 0 Å². The third-order valence-electron chi connectivity index (χ3n) is 5.41. The second-order valence-electron chi connectivity index (χ2n) is 7.57. The zero-order chi connectivity index (χ0) is 22.8. The fourth-order valence-electron chi connectivity index (χ4n) is 3.79. The first-order valence-corrected chi connectivity index (χ1v) is 10.2. The van der Waals surface area contributed by atoms with Gasteiger partial charge in [-0.1, -0.05) is 29.8 Å². The highest BCUT2D eigenvalue weighted by atomic mass is 16.5. The van der Waals surface area contributed by atoms with Gasteiger partial charge in [-0.2, -0.15) is 0 Å². The number of hydrogen-bond donors (Lipinski definition) is 1. The van der Waals surface area contributed by atoms with Crippen molar-refractivity contribution in [2.75, 3.05) is 24.4 Å². The van der Waals surface area contributed by atoms with Crippen LogP contribution in [0.2, 0.25) is 0 Å². The summed E-state index contributed by atoms with van der Waals surface area (Å²) >= 11 is 0. The number of imide groups is 1. The van der Waals surface area contributed by atoms with Gasteiger partial charge < -0.3 is 14.8 Å². The second-order valence-corrected chi connectivity index (χ2v) is 7.57. The first-order chi connectivity index (χ1) is 15.4. The Bertz CT molecular complexity index is 1230. The molecule has 0 atom stereocenters. The van der Waals surface area contributed by atoms with Crippen LogP contribution >= 0.6 is 0 Å². The van der Waals surface area contributed by atoms with Crippen LogP contribution in [0.5, 0.6) is 11.5 Å². The third kappa shape index (κ3) is 3.83. The Morgan fingerprint density at radius 2 is 1.50 bits per heavy atom. The number of anilines is 2. The highest BCUT2D eigenvalue weighted by molar-refractivity contribution is 6.46. The molecule has 1 aliphatic rings. The van der Waals surface area contributed by atoms with Gasteiger partial charge in [-0.15, -0.1) is 0 Å². The number of benzene rings is 3. The molecule has 0 bridgehead atoms. The molecule has 0 saturated heterocycles. The molecule has 162 valence electrons. The van der Waals surface area contributed by atoms with E-state index in [-0.39, 0.29) is 11.6 Å². The van der Waals surface area contributed by atoms with Gasteiger partial charge in [0.05, 0.1) is 25.5 Å². The predicted octanol–water partition coefficient (Wildman–Crippen LogP) is 4.72. The number of hydrogen-bond acceptors (Lipinski definition) is 5. The summed E-state index contributed by atoms with van der Waals surface area (Å²) in [5, 5.41) is 3.17. The lowest BCUT2D eigenvalue weighted by molar-refractivity contribution is -0.120. The van der Waals surface area contributed by atoms with E-state index in [2.05, 4.69) is 5.32 Å². The van der Waals surface area contributed by atoms with Gasteiger partial charge in [0, 0.05) is 11.8 Å². The van der Waals surface area contributed by atoms with Gasteiger partial charge in [-0.3, -0.25) is 9.59 Å². The molecular formula is C26H24N2O4. The number of nitrogens with one attached hydrogen (secondary N) is 1. The van der Waals surface area contributed by atoms with Gasteiger partial charge in [0.15, 0.2) is 0 Å². The molecule has 1 aliphatic heterocycles. The summed E-state index contributed by atoms with van der Waals surface area (Å²) in [7, 11) is 3.14. The van der Waals surface area contributed by atoms with Crippen molar-refractivity contribution in [1.82, 2.24) is 0 Å². The zero-order valence-corrected chi connectivity index (χ0v) is 18.4. The number of ether oxygens (including phenoxy) is 2. The van der Waals surface area contributed by atoms with Gasteiger partial charge in [-0.25, -0.2) is 4.90 Å². The molecule has 3 aromatic carbocycles. The van der Waals surface area contributed by atoms with E-state index in [1.807, 2.05) is 32.0 Å². The number of nitrogens with zero attached hydrogens (tertiary/aromatic N) is 1. The minimum atomic E-state index is -0.422. The fourth-order valence-corrected chi connectivity index (χ4v) is 3.79. The van der Waals surface area contributed by atoms with Crippen LogP contribution in [0, 0.1) is 13.8 Å². The SMILES string of the molecule is COc1ccc(NC2=C(c3ccc(C)cc3C)C(=O)N(c3cccc(OC)c3)C2=O)cc1. The Hall–Kier alpha value is -4.06. The van der Waals surface area contributed by atoms with Gasteiger partial charge in [0.1, 0.15) is 17.2 Å². The molecule has 0 fully saturated rings. The van der Waals surface area contributed by atoms with Crippen LogP contribution in [0.1, 0.15) is 16.7 Å². The zero-order valence-electron chi connectivity index (χ0n) is 18.4. The minimum absolute atomic E-state index is 0.231. The molecule has 1 N–H and O–H groups in total. The molecule has 3 aromatic rings. The topological polar surface area (TPSA) is 67.9 Å². The molecule has 0 spiro atoms. The molecular weight excluding hydrogens is 404 g/mol. The van der Waals surface area contributed by atoms with E-state index in [0.717, 1.165) is 16.7 Å². The maximum Gasteiger partial charge on any atom is 0.282 e. The summed E-state index contributed by atoms with van der Waals surface area (Å²) in [4.78, 5) is 28.3. The van der Waals surface area contributed by atoms with Crippen molar-refractivity contribution in [3.05, 3.63) is 89.1 Å². The van der Waals surface area contributed by atoms with E-state index >= 15 is 0 Å². The molecule has 6 nitrogen and oxygen atoms in total. The first kappa shape index (κ1) is 21.2. The van der Waals surface area contributed by atoms with Crippen LogP contribution in [0.4, 0.5) is 11.4 Å². The molecule has 2 amide bonds. The lowest BCUT2D eigenvalue weighted by Crippen LogP contribution is -2.32. The number of methoxy groups -OCH3 is 2. The molecule has 0 radical (unpaired) electrons. The quantitative estimate of drug-likeness (QED) is 0.576. The second kappa shape index (κ2) is 8.59. The normalized spacial score (nSPS) is 13.6. The summed E-state index contributed by atoms with van der Waals surface area (Å²) in [6.45, 7) is 3.93. The standard InChI is InChI=1S/C26H24N2O4/c1-16-8-13-22(17(2)14-16)23-24(27-18-9-11-20(31-3)12-10-18)26(30)28(25(23)29)19-6-5-7-21(15-19)32-4/h5-15,27H,1-4H3. The molecule has 1 heterocycles. The van der Waals surface area contributed by atoms with Gasteiger partial charge in [-0.05, 0) is 61.4 Å². The Labute approximate surface area is 187 Å². The smallest absolute Gasteiger partial charge is 0.282 e. The third-order valence-corrected chi connectivity index (χ3v) is 5.41. The molecule has 4 rings (SSSR count). The van der Waals surface area contributed by atoms with E-state index in [9.17, 15) is 9.59 Å². The average Bonchev–Trinajstić information content (AvgIpc) is 3.03. The summed E-state index contributed by atoms with van der Waals surface area (Å²) in [6, 6.07) is 19.9. The summed E-state index contributed by atoms with van der Waals surface area (Å²) in [5.74, 6) is 0.457. The number of carbonyl (C=O) groups excluding carboxylic acids is 2. The Balaban J connectivity index is 1.83. The molecule has 0 unspecified atom stereocenters. The molecule has 6 heteroatoms. The van der Waals surface area contributed by atoms with Crippen molar-refractivity contribution < 1.29 is 19.1 Å². The molecule has 0 aromatic heterocycles. The highest BCUT2D eigenvalue weighted by Crippen LogP contribution is 2.36. The van der Waals surface area contributed by atoms with Crippen molar-refractivity contribution in [3.63, 3.8) is 0 Å². The maximum atomic E-state index is 13.6. The monoisotopic (exact) mass is 428 g/mol. The summed E-state index contributed by atoms with van der Waals surface area (Å²) in [5.41, 5.74) is 4.42. The Morgan fingerprint density at radius 3 is 2.16 bits per heavy atom. The number of rotatable bonds is 6. The Morgan fingerprint density at radius 1 is 0.781 bits per heavy atom. The largest absolute Gasteiger partial charge is 0.497 e. The van der Waals surface area contributed by atoms with E-state index in [0.29, 0.717) is 28.4 Å². The van der Waals surface area contributed by atoms with Crippen molar-refractivity contribution >= 4 is 28.8 Å². The first-order valence-electron chi connectivity index (χ1n) is 10.2. The van der Waals surface area contributed by atoms with Crippen molar-refractivity contribution in [1.29, 1.82) is 0 Å². The van der Waals surface area contributed by atoms with Gasteiger partial charge in [0.2, 0.25) is 0 Å². The van der Waals surface area contributed by atoms with Crippen LogP contribution in [-0.2, 0) is 9.59 Å². The average molecular weight is 428 g/mol.